The van der Waals surface area contributed by atoms with E-state index < -0.39 is 11.9 Å². The molecule has 0 saturated carbocycles. The van der Waals surface area contributed by atoms with E-state index in [2.05, 4.69) is 10.6 Å². The molecule has 6 heteroatoms. The first-order chi connectivity index (χ1) is 7.56. The molecule has 1 saturated heterocycles. The van der Waals surface area contributed by atoms with Gasteiger partial charge in [-0.05, 0) is 13.8 Å². The monoisotopic (exact) mass is 223 g/mol. The lowest BCUT2D eigenvalue weighted by molar-refractivity contribution is -0.142. The molecule has 1 rings (SSSR count). The van der Waals surface area contributed by atoms with Crippen molar-refractivity contribution in [1.82, 2.24) is 10.6 Å². The predicted molar refractivity (Wildman–Crippen MR) is 54.9 cm³/mol. The first-order valence-corrected chi connectivity index (χ1v) is 4.93. The van der Waals surface area contributed by atoms with Gasteiger partial charge in [-0.1, -0.05) is 0 Å². The van der Waals surface area contributed by atoms with Gasteiger partial charge in [-0.2, -0.15) is 5.26 Å². The number of hydrogen-bond acceptors (Lipinski definition) is 5. The van der Waals surface area contributed by atoms with Crippen LogP contribution < -0.4 is 10.6 Å². The molecule has 0 aliphatic carbocycles. The van der Waals surface area contributed by atoms with E-state index >= 15 is 0 Å². The molecule has 16 heavy (non-hydrogen) atoms. The Labute approximate surface area is 93.3 Å². The van der Waals surface area contributed by atoms with Gasteiger partial charge in [0, 0.05) is 13.1 Å². The van der Waals surface area contributed by atoms with Crippen LogP contribution in [0.15, 0.2) is 11.3 Å². The fourth-order valence-electron chi connectivity index (χ4n) is 1.21. The van der Waals surface area contributed by atoms with Crippen LogP contribution in [0.5, 0.6) is 0 Å². The number of piperazine rings is 1. The molecule has 1 aliphatic heterocycles. The maximum atomic E-state index is 11.5. The number of esters is 1. The van der Waals surface area contributed by atoms with Crippen molar-refractivity contribution in [2.75, 3.05) is 13.1 Å². The van der Waals surface area contributed by atoms with E-state index in [0.29, 0.717) is 13.1 Å². The highest BCUT2D eigenvalue weighted by Crippen LogP contribution is 2.07. The summed E-state index contributed by atoms with van der Waals surface area (Å²) in [4.78, 5) is 22.9. The molecule has 1 amide bonds. The van der Waals surface area contributed by atoms with Crippen molar-refractivity contribution in [3.63, 3.8) is 0 Å². The second-order valence-corrected chi connectivity index (χ2v) is 3.50. The van der Waals surface area contributed by atoms with Gasteiger partial charge in [-0.15, -0.1) is 0 Å². The Morgan fingerprint density at radius 2 is 2.06 bits per heavy atom. The highest BCUT2D eigenvalue weighted by atomic mass is 16.5. The van der Waals surface area contributed by atoms with Crippen LogP contribution in [0.4, 0.5) is 0 Å². The maximum absolute atomic E-state index is 11.5. The van der Waals surface area contributed by atoms with Gasteiger partial charge in [0.1, 0.15) is 11.8 Å². The van der Waals surface area contributed by atoms with E-state index in [4.69, 9.17) is 10.00 Å². The predicted octanol–water partition coefficient (Wildman–Crippen LogP) is -0.565. The van der Waals surface area contributed by atoms with Crippen molar-refractivity contribution < 1.29 is 14.3 Å². The summed E-state index contributed by atoms with van der Waals surface area (Å²) in [5.41, 5.74) is -0.301. The third-order valence-corrected chi connectivity index (χ3v) is 1.85. The van der Waals surface area contributed by atoms with Crippen LogP contribution in [-0.2, 0) is 14.3 Å². The average Bonchev–Trinajstić information content (AvgIpc) is 2.20. The highest BCUT2D eigenvalue weighted by molar-refractivity contribution is 6.05. The summed E-state index contributed by atoms with van der Waals surface area (Å²) < 4.78 is 4.87. The fourth-order valence-corrected chi connectivity index (χ4v) is 1.21. The van der Waals surface area contributed by atoms with E-state index in [1.807, 2.05) is 0 Å². The van der Waals surface area contributed by atoms with E-state index in [1.165, 1.54) is 0 Å². The zero-order chi connectivity index (χ0) is 12.1. The smallest absolute Gasteiger partial charge is 0.351 e. The average molecular weight is 223 g/mol. The van der Waals surface area contributed by atoms with E-state index in [-0.39, 0.29) is 17.4 Å². The fraction of sp³-hybridized carbons (Fsp3) is 0.500. The lowest BCUT2D eigenvalue weighted by Gasteiger charge is -2.18. The minimum absolute atomic E-state index is 0.0144. The van der Waals surface area contributed by atoms with Gasteiger partial charge >= 0.3 is 5.97 Å². The molecule has 86 valence electrons. The SMILES string of the molecule is CC(C)OC(=O)/C(C#N)=C1\NCCNC1=O. The molecule has 0 aromatic carbocycles. The molecule has 0 spiro atoms. The number of carbonyl (C=O) groups is 2. The molecule has 1 heterocycles. The van der Waals surface area contributed by atoms with Gasteiger partial charge in [0.05, 0.1) is 6.10 Å². The first-order valence-electron chi connectivity index (χ1n) is 4.93. The Morgan fingerprint density at radius 1 is 1.44 bits per heavy atom. The number of nitrogens with one attached hydrogen (secondary N) is 2. The lowest BCUT2D eigenvalue weighted by atomic mass is 10.2. The third kappa shape index (κ3) is 2.73. The molecule has 1 aliphatic rings. The minimum Gasteiger partial charge on any atom is -0.459 e. The largest absolute Gasteiger partial charge is 0.459 e. The van der Waals surface area contributed by atoms with Gasteiger partial charge < -0.3 is 15.4 Å². The number of amides is 1. The number of ether oxygens (including phenoxy) is 1. The topological polar surface area (TPSA) is 91.2 Å². The molecule has 0 aromatic rings. The molecular formula is C10H13N3O3. The van der Waals surface area contributed by atoms with Gasteiger partial charge in [0.25, 0.3) is 5.91 Å². The minimum atomic E-state index is -0.781. The standard InChI is InChI=1S/C10H13N3O3/c1-6(2)16-10(15)7(5-11)8-9(14)13-4-3-12-8/h6,12H,3-4H2,1-2H3,(H,13,14)/b8-7-. The quantitative estimate of drug-likeness (QED) is 0.372. The number of nitrogens with zero attached hydrogens (tertiary/aromatic N) is 1. The van der Waals surface area contributed by atoms with Crippen molar-refractivity contribution in [2.24, 2.45) is 0 Å². The molecule has 2 N–H and O–H groups in total. The normalized spacial score (nSPS) is 18.2. The summed E-state index contributed by atoms with van der Waals surface area (Å²) in [6.45, 7) is 4.30. The number of carbonyl (C=O) groups excluding carboxylic acids is 2. The summed E-state index contributed by atoms with van der Waals surface area (Å²) in [6.07, 6.45) is -0.330. The van der Waals surface area contributed by atoms with Crippen LogP contribution in [0.3, 0.4) is 0 Å². The molecule has 6 nitrogen and oxygen atoms in total. The molecule has 0 bridgehead atoms. The van der Waals surface area contributed by atoms with E-state index in [1.54, 1.807) is 19.9 Å². The Balaban J connectivity index is 2.95. The van der Waals surface area contributed by atoms with Crippen LogP contribution in [0.25, 0.3) is 0 Å². The molecule has 0 radical (unpaired) electrons. The summed E-state index contributed by atoms with van der Waals surface area (Å²) in [5.74, 6) is -1.24. The number of nitriles is 1. The summed E-state index contributed by atoms with van der Waals surface area (Å²) in [5, 5.41) is 14.1. The van der Waals surface area contributed by atoms with Crippen molar-refractivity contribution in [3.05, 3.63) is 11.3 Å². The zero-order valence-electron chi connectivity index (χ0n) is 9.16. The van der Waals surface area contributed by atoms with Crippen LogP contribution in [-0.4, -0.2) is 31.1 Å². The van der Waals surface area contributed by atoms with Crippen molar-refractivity contribution in [2.45, 2.75) is 20.0 Å². The third-order valence-electron chi connectivity index (χ3n) is 1.85. The van der Waals surface area contributed by atoms with Crippen molar-refractivity contribution in [1.29, 1.82) is 5.26 Å². The molecule has 0 aromatic heterocycles. The summed E-state index contributed by atoms with van der Waals surface area (Å²) in [6, 6.07) is 1.69. The van der Waals surface area contributed by atoms with Crippen molar-refractivity contribution in [3.8, 4) is 6.07 Å². The Hall–Kier alpha value is -2.03. The zero-order valence-corrected chi connectivity index (χ0v) is 9.16. The van der Waals surface area contributed by atoms with Crippen LogP contribution >= 0.6 is 0 Å². The Bertz CT molecular complexity index is 379. The van der Waals surface area contributed by atoms with Gasteiger partial charge in [0.15, 0.2) is 5.57 Å². The van der Waals surface area contributed by atoms with Crippen LogP contribution in [0.2, 0.25) is 0 Å². The number of rotatable bonds is 2. The lowest BCUT2D eigenvalue weighted by Crippen LogP contribution is -2.44. The highest BCUT2D eigenvalue weighted by Gasteiger charge is 2.24. The van der Waals surface area contributed by atoms with E-state index in [0.717, 1.165) is 0 Å². The molecule has 1 fully saturated rings. The molecular weight excluding hydrogens is 210 g/mol. The van der Waals surface area contributed by atoms with Gasteiger partial charge in [0.2, 0.25) is 0 Å². The first kappa shape index (κ1) is 12.0. The summed E-state index contributed by atoms with van der Waals surface area (Å²) in [7, 11) is 0. The van der Waals surface area contributed by atoms with Gasteiger partial charge in [-0.25, -0.2) is 4.79 Å². The second kappa shape index (κ2) is 5.16. The second-order valence-electron chi connectivity index (χ2n) is 3.50. The maximum Gasteiger partial charge on any atom is 0.351 e. The van der Waals surface area contributed by atoms with E-state index in [9.17, 15) is 9.59 Å². The Kier molecular flexibility index (Phi) is 3.89. The van der Waals surface area contributed by atoms with Gasteiger partial charge in [-0.3, -0.25) is 4.79 Å². The van der Waals surface area contributed by atoms with Crippen LogP contribution in [0.1, 0.15) is 13.8 Å². The summed E-state index contributed by atoms with van der Waals surface area (Å²) >= 11 is 0. The molecule has 0 atom stereocenters. The number of hydrogen-bond donors (Lipinski definition) is 2. The van der Waals surface area contributed by atoms with Crippen molar-refractivity contribution >= 4 is 11.9 Å². The van der Waals surface area contributed by atoms with Crippen LogP contribution in [0, 0.1) is 11.3 Å². The molecule has 0 unspecified atom stereocenters. The Morgan fingerprint density at radius 3 is 2.56 bits per heavy atom.